The molecule has 3 heterocycles. The molecule has 2 aromatic heterocycles. The van der Waals surface area contributed by atoms with Crippen molar-refractivity contribution in [2.45, 2.75) is 64.4 Å². The lowest BCUT2D eigenvalue weighted by molar-refractivity contribution is 0.247. The number of imidazole rings is 1. The normalized spacial score (nSPS) is 17.6. The van der Waals surface area contributed by atoms with E-state index in [0.29, 0.717) is 34.1 Å². The van der Waals surface area contributed by atoms with Crippen molar-refractivity contribution >= 4 is 17.6 Å². The number of benzene rings is 1. The summed E-state index contributed by atoms with van der Waals surface area (Å²) in [6.45, 7) is 0.260. The Morgan fingerprint density at radius 3 is 2.43 bits per heavy atom. The van der Waals surface area contributed by atoms with Crippen LogP contribution >= 0.6 is 0 Å². The number of anilines is 3. The number of nitrogens with zero attached hydrogens (tertiary/aromatic N) is 5. The molecule has 5 rings (SSSR count). The summed E-state index contributed by atoms with van der Waals surface area (Å²) >= 11 is 0. The Labute approximate surface area is 203 Å². The van der Waals surface area contributed by atoms with E-state index in [1.165, 1.54) is 5.56 Å². The van der Waals surface area contributed by atoms with E-state index >= 15 is 0 Å². The molecule has 0 unspecified atom stereocenters. The molecule has 1 aromatic carbocycles. The summed E-state index contributed by atoms with van der Waals surface area (Å²) in [4.78, 5) is 16.3. The van der Waals surface area contributed by atoms with Gasteiger partial charge in [0.1, 0.15) is 12.1 Å². The third-order valence-electron chi connectivity index (χ3n) is 7.06. The highest BCUT2D eigenvalue weighted by Gasteiger charge is 2.29. The van der Waals surface area contributed by atoms with E-state index in [1.807, 2.05) is 0 Å². The van der Waals surface area contributed by atoms with Crippen LogP contribution in [0.15, 0.2) is 24.7 Å². The maximum absolute atomic E-state index is 9.87. The van der Waals surface area contributed by atoms with Gasteiger partial charge in [-0.05, 0) is 67.3 Å². The monoisotopic (exact) mass is 480 g/mol. The molecule has 2 aliphatic rings. The van der Waals surface area contributed by atoms with Gasteiger partial charge in [-0.2, -0.15) is 4.98 Å². The van der Waals surface area contributed by atoms with Crippen molar-refractivity contribution in [3.8, 4) is 5.69 Å². The van der Waals surface area contributed by atoms with Gasteiger partial charge in [0, 0.05) is 17.8 Å². The van der Waals surface area contributed by atoms with Gasteiger partial charge in [0.15, 0.2) is 5.82 Å². The first-order chi connectivity index (χ1) is 17.1. The average Bonchev–Trinajstić information content (AvgIpc) is 3.57. The molecule has 10 nitrogen and oxygen atoms in total. The van der Waals surface area contributed by atoms with Gasteiger partial charge in [0.25, 0.3) is 0 Å². The predicted octanol–water partition coefficient (Wildman–Crippen LogP) is 1.72. The van der Waals surface area contributed by atoms with E-state index in [9.17, 15) is 20.4 Å². The van der Waals surface area contributed by atoms with Crippen LogP contribution in [0.2, 0.25) is 0 Å². The largest absolute Gasteiger partial charge is 0.394 e. The number of hydrogen-bond donors (Lipinski definition) is 5. The lowest BCUT2D eigenvalue weighted by Gasteiger charge is -2.29. The van der Waals surface area contributed by atoms with Crippen LogP contribution in [0, 0.1) is 0 Å². The Morgan fingerprint density at radius 1 is 0.943 bits per heavy atom. The Morgan fingerprint density at radius 2 is 1.71 bits per heavy atom. The molecule has 10 heteroatoms. The summed E-state index contributed by atoms with van der Waals surface area (Å²) in [5, 5.41) is 42.2. The molecular weight excluding hydrogens is 448 g/mol. The standard InChI is InChI=1S/C25H32N6O4/c32-11-16-8-19(9-17(12-33)21(16)14-35)30-10-23(26-15-30)28-25-27-22-6-2-1-5-20(22)24(29-25)31-7-3-4-18(31)13-34/h8-10,15,18,32-35H,1-7,11-14H2,(H,27,28,29)/t18-/m1/s1. The minimum Gasteiger partial charge on any atom is -0.394 e. The van der Waals surface area contributed by atoms with Crippen molar-refractivity contribution in [1.82, 2.24) is 19.5 Å². The van der Waals surface area contributed by atoms with Gasteiger partial charge in [0.2, 0.25) is 5.95 Å². The second kappa shape index (κ2) is 10.3. The zero-order valence-corrected chi connectivity index (χ0v) is 19.7. The van der Waals surface area contributed by atoms with Gasteiger partial charge in [-0.3, -0.25) is 0 Å². The number of fused-ring (bicyclic) bond motifs is 1. The molecule has 5 N–H and O–H groups in total. The highest BCUT2D eigenvalue weighted by molar-refractivity contribution is 5.58. The summed E-state index contributed by atoms with van der Waals surface area (Å²) in [6, 6.07) is 3.63. The number of rotatable bonds is 8. The maximum atomic E-state index is 9.87. The fourth-order valence-electron chi connectivity index (χ4n) is 5.23. The Bertz CT molecular complexity index is 1170. The van der Waals surface area contributed by atoms with Gasteiger partial charge in [-0.15, -0.1) is 0 Å². The summed E-state index contributed by atoms with van der Waals surface area (Å²) < 4.78 is 1.78. The number of aromatic nitrogens is 4. The van der Waals surface area contributed by atoms with Crippen molar-refractivity contribution in [1.29, 1.82) is 0 Å². The first kappa shape index (κ1) is 23.7. The molecule has 0 saturated carbocycles. The van der Waals surface area contributed by atoms with Crippen LogP contribution in [0.25, 0.3) is 5.69 Å². The zero-order valence-electron chi connectivity index (χ0n) is 19.7. The van der Waals surface area contributed by atoms with Crippen LogP contribution in [0.1, 0.15) is 53.6 Å². The topological polar surface area (TPSA) is 140 Å². The van der Waals surface area contributed by atoms with Crippen molar-refractivity contribution in [3.63, 3.8) is 0 Å². The molecular formula is C25H32N6O4. The van der Waals surface area contributed by atoms with Crippen molar-refractivity contribution in [2.24, 2.45) is 0 Å². The van der Waals surface area contributed by atoms with Crippen LogP contribution in [0.4, 0.5) is 17.6 Å². The van der Waals surface area contributed by atoms with Crippen molar-refractivity contribution in [3.05, 3.63) is 52.6 Å². The quantitative estimate of drug-likeness (QED) is 0.326. The molecule has 0 amide bonds. The third-order valence-corrected chi connectivity index (χ3v) is 7.06. The van der Waals surface area contributed by atoms with E-state index in [2.05, 4.69) is 15.2 Å². The van der Waals surface area contributed by atoms with Crippen LogP contribution in [0.3, 0.4) is 0 Å². The summed E-state index contributed by atoms with van der Waals surface area (Å²) in [5.41, 5.74) is 4.63. The first-order valence-corrected chi connectivity index (χ1v) is 12.2. The lowest BCUT2D eigenvalue weighted by atomic mass is 9.96. The van der Waals surface area contributed by atoms with Gasteiger partial charge in [-0.1, -0.05) is 0 Å². The van der Waals surface area contributed by atoms with Crippen LogP contribution < -0.4 is 10.2 Å². The number of nitrogens with one attached hydrogen (secondary N) is 1. The predicted molar refractivity (Wildman–Crippen MR) is 131 cm³/mol. The average molecular weight is 481 g/mol. The zero-order chi connectivity index (χ0) is 24.4. The fourth-order valence-corrected chi connectivity index (χ4v) is 5.23. The highest BCUT2D eigenvalue weighted by Crippen LogP contribution is 2.34. The van der Waals surface area contributed by atoms with E-state index in [-0.39, 0.29) is 32.5 Å². The Hall–Kier alpha value is -3.05. The molecule has 1 aliphatic heterocycles. The second-order valence-corrected chi connectivity index (χ2v) is 9.18. The Balaban J connectivity index is 1.45. The molecule has 1 atom stereocenters. The van der Waals surface area contributed by atoms with Crippen molar-refractivity contribution in [2.75, 3.05) is 23.4 Å². The minimum absolute atomic E-state index is 0.0892. The minimum atomic E-state index is -0.255. The lowest BCUT2D eigenvalue weighted by Crippen LogP contribution is -2.34. The number of aryl methyl sites for hydroxylation is 1. The first-order valence-electron chi connectivity index (χ1n) is 12.2. The van der Waals surface area contributed by atoms with E-state index < -0.39 is 0 Å². The van der Waals surface area contributed by atoms with Gasteiger partial charge in [0.05, 0.1) is 44.4 Å². The molecule has 35 heavy (non-hydrogen) atoms. The second-order valence-electron chi connectivity index (χ2n) is 9.18. The molecule has 0 spiro atoms. The fraction of sp³-hybridized carbons (Fsp3) is 0.480. The number of aliphatic hydroxyl groups excluding tert-OH is 4. The molecule has 1 saturated heterocycles. The smallest absolute Gasteiger partial charge is 0.230 e. The number of hydrogen-bond acceptors (Lipinski definition) is 9. The SMILES string of the molecule is OCc1cc(-n2cnc(Nc3nc4c(c(N5CCC[C@@H]5CO)n3)CCCC4)c2)cc(CO)c1CO. The maximum Gasteiger partial charge on any atom is 0.230 e. The van der Waals surface area contributed by atoms with E-state index in [1.54, 1.807) is 29.2 Å². The highest BCUT2D eigenvalue weighted by atomic mass is 16.3. The molecule has 0 radical (unpaired) electrons. The van der Waals surface area contributed by atoms with E-state index in [4.69, 9.17) is 9.97 Å². The summed E-state index contributed by atoms with van der Waals surface area (Å²) in [7, 11) is 0. The van der Waals surface area contributed by atoms with Gasteiger partial charge >= 0.3 is 0 Å². The molecule has 186 valence electrons. The molecule has 3 aromatic rings. The third kappa shape index (κ3) is 4.62. The Kier molecular flexibility index (Phi) is 6.96. The summed E-state index contributed by atoms with van der Waals surface area (Å²) in [6.07, 6.45) is 9.53. The van der Waals surface area contributed by atoms with Crippen LogP contribution in [0.5, 0.6) is 0 Å². The van der Waals surface area contributed by atoms with Crippen molar-refractivity contribution < 1.29 is 20.4 Å². The van der Waals surface area contributed by atoms with Crippen LogP contribution in [-0.2, 0) is 32.7 Å². The molecule has 0 bridgehead atoms. The van der Waals surface area contributed by atoms with E-state index in [0.717, 1.165) is 56.6 Å². The summed E-state index contributed by atoms with van der Waals surface area (Å²) in [5.74, 6) is 1.97. The molecule has 1 fully saturated rings. The van der Waals surface area contributed by atoms with Crippen LogP contribution in [-0.4, -0.2) is 59.1 Å². The van der Waals surface area contributed by atoms with Gasteiger partial charge in [-0.25, -0.2) is 9.97 Å². The van der Waals surface area contributed by atoms with Gasteiger partial charge < -0.3 is 35.2 Å². The number of aliphatic hydroxyl groups is 4. The molecule has 1 aliphatic carbocycles.